The maximum absolute atomic E-state index is 12.7. The molecule has 1 fully saturated rings. The number of hydrogen-bond donors (Lipinski definition) is 1. The molecular weight excluding hydrogens is 420 g/mol. The molecule has 1 aliphatic carbocycles. The maximum Gasteiger partial charge on any atom is 0.334 e. The number of hydrogen-bond acceptors (Lipinski definition) is 3. The van der Waals surface area contributed by atoms with E-state index in [9.17, 15) is 4.79 Å². The Bertz CT molecular complexity index is 1440. The van der Waals surface area contributed by atoms with Crippen molar-refractivity contribution < 1.29 is 9.53 Å². The van der Waals surface area contributed by atoms with Crippen molar-refractivity contribution in [3.8, 4) is 11.3 Å². The highest BCUT2D eigenvalue weighted by Gasteiger charge is 2.51. The van der Waals surface area contributed by atoms with E-state index >= 15 is 0 Å². The normalized spacial score (nSPS) is 21.3. The largest absolute Gasteiger partial charge is 0.462 e. The number of esters is 1. The van der Waals surface area contributed by atoms with Gasteiger partial charge in [0, 0.05) is 47.7 Å². The Labute approximate surface area is 199 Å². The third kappa shape index (κ3) is 2.95. The summed E-state index contributed by atoms with van der Waals surface area (Å²) in [6.07, 6.45) is 6.20. The molecule has 0 amide bonds. The highest BCUT2D eigenvalue weighted by atomic mass is 16.5. The second kappa shape index (κ2) is 7.77. The number of benzene rings is 3. The smallest absolute Gasteiger partial charge is 0.334 e. The predicted molar refractivity (Wildman–Crippen MR) is 137 cm³/mol. The maximum atomic E-state index is 12.7. The molecule has 2 aliphatic rings. The Hall–Kier alpha value is -4.05. The van der Waals surface area contributed by atoms with Crippen molar-refractivity contribution in [3.63, 3.8) is 0 Å². The van der Waals surface area contributed by atoms with Gasteiger partial charge in [-0.25, -0.2) is 4.79 Å². The first kappa shape index (κ1) is 20.5. The van der Waals surface area contributed by atoms with Crippen LogP contribution in [0.2, 0.25) is 0 Å². The summed E-state index contributed by atoms with van der Waals surface area (Å²) in [6, 6.07) is 27.6. The number of H-pyrrole nitrogens is 1. The van der Waals surface area contributed by atoms with Crippen molar-refractivity contribution in [3.05, 3.63) is 114 Å². The first-order valence-electron chi connectivity index (χ1n) is 11.6. The lowest BCUT2D eigenvalue weighted by Crippen LogP contribution is -2.38. The number of nitrogens with zero attached hydrogens (tertiary/aromatic N) is 1. The Morgan fingerprint density at radius 1 is 0.941 bits per heavy atom. The molecule has 34 heavy (non-hydrogen) atoms. The summed E-state index contributed by atoms with van der Waals surface area (Å²) in [5, 5.41) is 1.16. The number of ether oxygens (including phenoxy) is 1. The minimum absolute atomic E-state index is 0.114. The molecule has 0 saturated carbocycles. The van der Waals surface area contributed by atoms with Gasteiger partial charge in [0.25, 0.3) is 0 Å². The minimum atomic E-state index is -0.564. The van der Waals surface area contributed by atoms with Gasteiger partial charge < -0.3 is 14.6 Å². The lowest BCUT2D eigenvalue weighted by atomic mass is 9.61. The number of aromatic amines is 1. The van der Waals surface area contributed by atoms with Crippen LogP contribution in [0.5, 0.6) is 0 Å². The van der Waals surface area contributed by atoms with Gasteiger partial charge in [-0.05, 0) is 29.3 Å². The number of fused-ring (bicyclic) bond motifs is 2. The molecule has 0 bridgehead atoms. The van der Waals surface area contributed by atoms with E-state index in [0.29, 0.717) is 6.61 Å². The van der Waals surface area contributed by atoms with Crippen LogP contribution in [0.25, 0.3) is 22.2 Å². The Morgan fingerprint density at radius 3 is 2.44 bits per heavy atom. The molecule has 0 radical (unpaired) electrons. The van der Waals surface area contributed by atoms with Gasteiger partial charge in [0.05, 0.1) is 11.1 Å². The zero-order valence-corrected chi connectivity index (χ0v) is 19.3. The Morgan fingerprint density at radius 2 is 1.68 bits per heavy atom. The molecule has 1 aliphatic heterocycles. The highest BCUT2D eigenvalue weighted by molar-refractivity contribution is 5.97. The van der Waals surface area contributed by atoms with E-state index in [2.05, 4.69) is 88.8 Å². The lowest BCUT2D eigenvalue weighted by Gasteiger charge is -2.39. The SMILES string of the molecule is CN(C)c1ccc(C2(c3c(-c4ccccc4)[nH]c4ccccc34)C=CC=C3C(=O)OCC32)cc1. The number of allylic oxidation sites excluding steroid dienone is 3. The second-order valence-corrected chi connectivity index (χ2v) is 9.23. The van der Waals surface area contributed by atoms with Crippen molar-refractivity contribution in [2.45, 2.75) is 5.41 Å². The van der Waals surface area contributed by atoms with E-state index in [-0.39, 0.29) is 11.9 Å². The van der Waals surface area contributed by atoms with E-state index in [0.717, 1.165) is 39.0 Å². The fraction of sp³-hybridized carbons (Fsp3) is 0.167. The number of carbonyl (C=O) groups is 1. The molecule has 4 nitrogen and oxygen atoms in total. The quantitative estimate of drug-likeness (QED) is 0.400. The molecule has 3 aromatic carbocycles. The third-order valence-electron chi connectivity index (χ3n) is 7.22. The summed E-state index contributed by atoms with van der Waals surface area (Å²) in [4.78, 5) is 18.5. The Kier molecular flexibility index (Phi) is 4.70. The van der Waals surface area contributed by atoms with Crippen molar-refractivity contribution in [2.75, 3.05) is 25.6 Å². The second-order valence-electron chi connectivity index (χ2n) is 9.23. The zero-order chi connectivity index (χ0) is 23.3. The van der Waals surface area contributed by atoms with Gasteiger partial charge in [0.1, 0.15) is 6.61 Å². The van der Waals surface area contributed by atoms with Gasteiger partial charge in [-0.1, -0.05) is 78.9 Å². The number of anilines is 1. The molecule has 4 heteroatoms. The van der Waals surface area contributed by atoms with Gasteiger partial charge in [-0.2, -0.15) is 0 Å². The van der Waals surface area contributed by atoms with Gasteiger partial charge >= 0.3 is 5.97 Å². The summed E-state index contributed by atoms with van der Waals surface area (Å²) in [6.45, 7) is 0.359. The van der Waals surface area contributed by atoms with Crippen LogP contribution in [0.3, 0.4) is 0 Å². The predicted octanol–water partition coefficient (Wildman–Crippen LogP) is 5.86. The number of para-hydroxylation sites is 1. The number of aromatic nitrogens is 1. The summed E-state index contributed by atoms with van der Waals surface area (Å²) in [5.74, 6) is -0.332. The molecule has 4 aromatic rings. The van der Waals surface area contributed by atoms with Crippen molar-refractivity contribution >= 4 is 22.6 Å². The minimum Gasteiger partial charge on any atom is -0.462 e. The van der Waals surface area contributed by atoms with E-state index in [1.165, 1.54) is 5.56 Å². The third-order valence-corrected chi connectivity index (χ3v) is 7.22. The van der Waals surface area contributed by atoms with Crippen LogP contribution >= 0.6 is 0 Å². The average Bonchev–Trinajstić information content (AvgIpc) is 3.46. The first-order chi connectivity index (χ1) is 16.6. The monoisotopic (exact) mass is 446 g/mol. The van der Waals surface area contributed by atoms with Crippen molar-refractivity contribution in [1.29, 1.82) is 0 Å². The fourth-order valence-corrected chi connectivity index (χ4v) is 5.58. The zero-order valence-electron chi connectivity index (χ0n) is 19.3. The molecule has 2 heterocycles. The molecule has 1 aromatic heterocycles. The first-order valence-corrected chi connectivity index (χ1v) is 11.6. The van der Waals surface area contributed by atoms with Crippen LogP contribution in [0.15, 0.2) is 103 Å². The van der Waals surface area contributed by atoms with Crippen LogP contribution in [-0.2, 0) is 14.9 Å². The molecule has 2 atom stereocenters. The van der Waals surface area contributed by atoms with Crippen molar-refractivity contribution in [2.24, 2.45) is 5.92 Å². The van der Waals surface area contributed by atoms with Crippen LogP contribution in [0.1, 0.15) is 11.1 Å². The molecule has 168 valence electrons. The van der Waals surface area contributed by atoms with E-state index in [4.69, 9.17) is 4.74 Å². The lowest BCUT2D eigenvalue weighted by molar-refractivity contribution is -0.135. The summed E-state index contributed by atoms with van der Waals surface area (Å²) >= 11 is 0. The fourth-order valence-electron chi connectivity index (χ4n) is 5.58. The van der Waals surface area contributed by atoms with Gasteiger partial charge in [0.15, 0.2) is 0 Å². The van der Waals surface area contributed by atoms with Crippen molar-refractivity contribution in [1.82, 2.24) is 4.98 Å². The topological polar surface area (TPSA) is 45.3 Å². The van der Waals surface area contributed by atoms with Crippen LogP contribution < -0.4 is 4.90 Å². The molecular formula is C30H26N2O2. The molecule has 1 saturated heterocycles. The van der Waals surface area contributed by atoms with E-state index < -0.39 is 5.41 Å². The number of nitrogens with one attached hydrogen (secondary N) is 1. The molecule has 0 spiro atoms. The Balaban J connectivity index is 1.70. The number of rotatable bonds is 4. The molecule has 2 unspecified atom stereocenters. The standard InChI is InChI=1S/C30H26N2O2/c1-32(2)22-16-14-21(15-17-22)30(18-8-12-23-25(30)19-34-29(23)33)27-24-11-6-7-13-26(24)31-28(27)20-9-4-3-5-10-20/h3-18,25,31H,19H2,1-2H3. The van der Waals surface area contributed by atoms with E-state index in [1.54, 1.807) is 0 Å². The molecule has 1 N–H and O–H groups in total. The summed E-state index contributed by atoms with van der Waals surface area (Å²) in [5.41, 5.74) is 6.90. The van der Waals surface area contributed by atoms with Crippen LogP contribution in [0.4, 0.5) is 5.69 Å². The van der Waals surface area contributed by atoms with Gasteiger partial charge in [-0.15, -0.1) is 0 Å². The molecule has 6 rings (SSSR count). The van der Waals surface area contributed by atoms with E-state index in [1.807, 2.05) is 32.3 Å². The average molecular weight is 447 g/mol. The number of carbonyl (C=O) groups excluding carboxylic acids is 1. The van der Waals surface area contributed by atoms with Gasteiger partial charge in [-0.3, -0.25) is 0 Å². The van der Waals surface area contributed by atoms with Gasteiger partial charge in [0.2, 0.25) is 0 Å². The van der Waals surface area contributed by atoms with Crippen LogP contribution in [-0.4, -0.2) is 31.7 Å². The van der Waals surface area contributed by atoms with Crippen LogP contribution in [0, 0.1) is 5.92 Å². The highest BCUT2D eigenvalue weighted by Crippen LogP contribution is 2.53. The summed E-state index contributed by atoms with van der Waals surface area (Å²) < 4.78 is 5.63. The number of cyclic esters (lactones) is 1. The summed E-state index contributed by atoms with van der Waals surface area (Å²) in [7, 11) is 4.09.